The van der Waals surface area contributed by atoms with Crippen LogP contribution >= 0.6 is 0 Å². The molecular weight excluding hydrogens is 502 g/mol. The van der Waals surface area contributed by atoms with E-state index in [0.717, 1.165) is 38.6 Å². The van der Waals surface area contributed by atoms with E-state index in [4.69, 9.17) is 0 Å². The van der Waals surface area contributed by atoms with Crippen LogP contribution in [0, 0.1) is 0 Å². The second-order valence-electron chi connectivity index (χ2n) is 12.6. The lowest BCUT2D eigenvalue weighted by Crippen LogP contribution is -2.24. The molecule has 0 aliphatic heterocycles. The first-order valence-electron chi connectivity index (χ1n) is 18.2. The number of carbonyl (C=O) groups is 2. The zero-order valence-corrected chi connectivity index (χ0v) is 27.9. The molecule has 0 aliphatic carbocycles. The van der Waals surface area contributed by atoms with Gasteiger partial charge in [-0.1, -0.05) is 154 Å². The summed E-state index contributed by atoms with van der Waals surface area (Å²) < 4.78 is 0. The first kappa shape index (κ1) is 39.6. The van der Waals surface area contributed by atoms with Gasteiger partial charge in [0, 0.05) is 25.0 Å². The van der Waals surface area contributed by atoms with Crippen LogP contribution < -0.4 is 5.32 Å². The molecule has 0 atom stereocenters. The quantitative estimate of drug-likeness (QED) is 0.0482. The minimum Gasteiger partial charge on any atom is -0.352 e. The summed E-state index contributed by atoms with van der Waals surface area (Å²) in [5, 5.41) is 2.90. The van der Waals surface area contributed by atoms with Crippen LogP contribution in [0.5, 0.6) is 0 Å². The Morgan fingerprint density at radius 3 is 1.24 bits per heavy atom. The molecule has 0 aromatic rings. The van der Waals surface area contributed by atoms with Crippen LogP contribution in [0.15, 0.2) is 24.3 Å². The highest BCUT2D eigenvalue weighted by atomic mass is 16.1. The highest BCUT2D eigenvalue weighted by Crippen LogP contribution is 2.15. The standard InChI is InChI=1S/C38H71NO2/c1-4-5-6-7-8-9-10-15-18-21-24-27-30-33-37(40)34-31-28-25-22-19-16-13-11-12-14-17-20-23-26-29-32-35-39-38(41)36(2)3/h11-12H,2,4-10,13-35H2,1,3H3,(H,39,41)/b12-11-. The third kappa shape index (κ3) is 33.0. The third-order valence-corrected chi connectivity index (χ3v) is 8.27. The molecule has 41 heavy (non-hydrogen) atoms. The molecule has 0 heterocycles. The Balaban J connectivity index is 3.23. The van der Waals surface area contributed by atoms with Crippen molar-refractivity contribution in [1.82, 2.24) is 5.32 Å². The molecule has 240 valence electrons. The predicted octanol–water partition coefficient (Wildman–Crippen LogP) is 12.1. The van der Waals surface area contributed by atoms with Crippen LogP contribution in [0.4, 0.5) is 0 Å². The monoisotopic (exact) mass is 574 g/mol. The van der Waals surface area contributed by atoms with E-state index >= 15 is 0 Å². The molecule has 0 fully saturated rings. The minimum atomic E-state index is -0.0183. The number of hydrogen-bond donors (Lipinski definition) is 1. The zero-order valence-electron chi connectivity index (χ0n) is 27.9. The van der Waals surface area contributed by atoms with Gasteiger partial charge in [0.05, 0.1) is 0 Å². The van der Waals surface area contributed by atoms with Crippen molar-refractivity contribution < 1.29 is 9.59 Å². The Kier molecular flexibility index (Phi) is 32.0. The summed E-state index contributed by atoms with van der Waals surface area (Å²) in [6.45, 7) is 8.46. The molecular formula is C38H71NO2. The largest absolute Gasteiger partial charge is 0.352 e. The summed E-state index contributed by atoms with van der Waals surface area (Å²) in [7, 11) is 0. The molecule has 0 unspecified atom stereocenters. The fourth-order valence-electron chi connectivity index (χ4n) is 5.44. The fourth-order valence-corrected chi connectivity index (χ4v) is 5.44. The average molecular weight is 574 g/mol. The second kappa shape index (κ2) is 33.1. The Hall–Kier alpha value is -1.38. The Bertz CT molecular complexity index is 624. The number of rotatable bonds is 33. The van der Waals surface area contributed by atoms with Gasteiger partial charge in [0.1, 0.15) is 5.78 Å². The van der Waals surface area contributed by atoms with Crippen molar-refractivity contribution >= 4 is 11.7 Å². The number of carbonyl (C=O) groups excluding carboxylic acids is 2. The smallest absolute Gasteiger partial charge is 0.246 e. The molecule has 0 aliphatic rings. The van der Waals surface area contributed by atoms with E-state index in [2.05, 4.69) is 31.0 Å². The topological polar surface area (TPSA) is 46.2 Å². The Labute approximate surface area is 257 Å². The molecule has 0 spiro atoms. The van der Waals surface area contributed by atoms with Gasteiger partial charge in [-0.15, -0.1) is 0 Å². The van der Waals surface area contributed by atoms with E-state index in [9.17, 15) is 9.59 Å². The molecule has 0 rings (SSSR count). The van der Waals surface area contributed by atoms with Crippen LogP contribution in [-0.4, -0.2) is 18.2 Å². The van der Waals surface area contributed by atoms with E-state index in [0.29, 0.717) is 11.4 Å². The van der Waals surface area contributed by atoms with Gasteiger partial charge in [0.15, 0.2) is 0 Å². The SMILES string of the molecule is C=C(C)C(=O)NCCCCCCCC/C=C\CCCCCCCCC(=O)CCCCCCCCCCCCCCC. The molecule has 1 amide bonds. The number of Topliss-reactive ketones (excluding diaryl/α,β-unsaturated/α-hetero) is 1. The Morgan fingerprint density at radius 1 is 0.512 bits per heavy atom. The average Bonchev–Trinajstić information content (AvgIpc) is 2.96. The van der Waals surface area contributed by atoms with Crippen LogP contribution in [0.25, 0.3) is 0 Å². The van der Waals surface area contributed by atoms with Crippen molar-refractivity contribution in [2.24, 2.45) is 0 Å². The van der Waals surface area contributed by atoms with E-state index in [1.165, 1.54) is 154 Å². The van der Waals surface area contributed by atoms with Gasteiger partial charge in [-0.25, -0.2) is 0 Å². The van der Waals surface area contributed by atoms with Crippen LogP contribution in [0.1, 0.15) is 200 Å². The van der Waals surface area contributed by atoms with Crippen molar-refractivity contribution in [1.29, 1.82) is 0 Å². The van der Waals surface area contributed by atoms with Crippen molar-refractivity contribution in [2.75, 3.05) is 6.54 Å². The first-order valence-corrected chi connectivity index (χ1v) is 18.2. The fraction of sp³-hybridized carbons (Fsp3) is 0.842. The molecule has 0 aromatic carbocycles. The summed E-state index contributed by atoms with van der Waals surface area (Å²) in [5.41, 5.74) is 0.590. The van der Waals surface area contributed by atoms with Gasteiger partial charge in [-0.2, -0.15) is 0 Å². The molecule has 3 heteroatoms. The van der Waals surface area contributed by atoms with E-state index in [1.807, 2.05) is 0 Å². The number of amides is 1. The maximum atomic E-state index is 12.1. The first-order chi connectivity index (χ1) is 20.1. The van der Waals surface area contributed by atoms with E-state index in [1.54, 1.807) is 6.92 Å². The van der Waals surface area contributed by atoms with Crippen molar-refractivity contribution in [3.05, 3.63) is 24.3 Å². The molecule has 0 saturated carbocycles. The number of nitrogens with one attached hydrogen (secondary N) is 1. The summed E-state index contributed by atoms with van der Waals surface area (Å²) in [6, 6.07) is 0. The molecule has 3 nitrogen and oxygen atoms in total. The number of unbranched alkanes of at least 4 members (excludes halogenated alkanes) is 24. The van der Waals surface area contributed by atoms with Crippen LogP contribution in [0.2, 0.25) is 0 Å². The summed E-state index contributed by atoms with van der Waals surface area (Å²) in [5.74, 6) is 0.484. The van der Waals surface area contributed by atoms with Crippen LogP contribution in [0.3, 0.4) is 0 Å². The van der Waals surface area contributed by atoms with Crippen molar-refractivity contribution in [3.63, 3.8) is 0 Å². The summed E-state index contributed by atoms with van der Waals surface area (Å²) >= 11 is 0. The van der Waals surface area contributed by atoms with Gasteiger partial charge < -0.3 is 5.32 Å². The molecule has 1 N–H and O–H groups in total. The summed E-state index contributed by atoms with van der Waals surface area (Å²) in [6.07, 6.45) is 41.5. The zero-order chi connectivity index (χ0) is 30.1. The molecule has 0 bridgehead atoms. The highest BCUT2D eigenvalue weighted by molar-refractivity contribution is 5.92. The lowest BCUT2D eigenvalue weighted by molar-refractivity contribution is -0.119. The third-order valence-electron chi connectivity index (χ3n) is 8.27. The van der Waals surface area contributed by atoms with Gasteiger partial charge >= 0.3 is 0 Å². The van der Waals surface area contributed by atoms with Gasteiger partial charge in [-0.3, -0.25) is 9.59 Å². The lowest BCUT2D eigenvalue weighted by atomic mass is 10.0. The lowest BCUT2D eigenvalue weighted by Gasteiger charge is -2.04. The molecule has 0 aromatic heterocycles. The summed E-state index contributed by atoms with van der Waals surface area (Å²) in [4.78, 5) is 23.5. The van der Waals surface area contributed by atoms with Crippen LogP contribution in [-0.2, 0) is 9.59 Å². The van der Waals surface area contributed by atoms with E-state index in [-0.39, 0.29) is 5.91 Å². The minimum absolute atomic E-state index is 0.0183. The second-order valence-corrected chi connectivity index (χ2v) is 12.6. The molecule has 0 saturated heterocycles. The number of allylic oxidation sites excluding steroid dienone is 2. The van der Waals surface area contributed by atoms with Crippen molar-refractivity contribution in [2.45, 2.75) is 200 Å². The predicted molar refractivity (Wildman–Crippen MR) is 182 cm³/mol. The van der Waals surface area contributed by atoms with E-state index < -0.39 is 0 Å². The Morgan fingerprint density at radius 2 is 0.854 bits per heavy atom. The normalized spacial score (nSPS) is 11.4. The number of hydrogen-bond acceptors (Lipinski definition) is 2. The van der Waals surface area contributed by atoms with Gasteiger partial charge in [-0.05, 0) is 51.9 Å². The maximum absolute atomic E-state index is 12.1. The van der Waals surface area contributed by atoms with Crippen molar-refractivity contribution in [3.8, 4) is 0 Å². The van der Waals surface area contributed by atoms with Gasteiger partial charge in [0.2, 0.25) is 5.91 Å². The number of ketones is 1. The molecule has 0 radical (unpaired) electrons. The highest BCUT2D eigenvalue weighted by Gasteiger charge is 2.02. The van der Waals surface area contributed by atoms with Gasteiger partial charge in [0.25, 0.3) is 0 Å². The maximum Gasteiger partial charge on any atom is 0.246 e.